The molecule has 1 saturated heterocycles. The molecule has 12 heteroatoms. The van der Waals surface area contributed by atoms with Crippen molar-refractivity contribution in [2.75, 3.05) is 30.9 Å². The first-order valence-corrected chi connectivity index (χ1v) is 13.3. The predicted molar refractivity (Wildman–Crippen MR) is 137 cm³/mol. The Morgan fingerprint density at radius 1 is 0.769 bits per heavy atom. The molecule has 4 aromatic rings. The SMILES string of the molecule is O=C(c1ccc(NS(=O)(=O)c2cccc3cccnc23)cc1)N1CCN(C(=O)c2cc(F)c(F)cc2F)CC1. The van der Waals surface area contributed by atoms with Gasteiger partial charge in [-0.15, -0.1) is 0 Å². The van der Waals surface area contributed by atoms with E-state index in [2.05, 4.69) is 9.71 Å². The van der Waals surface area contributed by atoms with Crippen LogP contribution in [0.3, 0.4) is 0 Å². The Morgan fingerprint density at radius 2 is 1.38 bits per heavy atom. The number of sulfonamides is 1. The number of halogens is 3. The van der Waals surface area contributed by atoms with Crippen LogP contribution in [0.25, 0.3) is 10.9 Å². The molecule has 2 amide bonds. The van der Waals surface area contributed by atoms with E-state index in [-0.39, 0.29) is 42.7 Å². The molecule has 0 saturated carbocycles. The average Bonchev–Trinajstić information content (AvgIpc) is 2.94. The van der Waals surface area contributed by atoms with Gasteiger partial charge in [0.25, 0.3) is 21.8 Å². The number of piperazine rings is 1. The van der Waals surface area contributed by atoms with Crippen molar-refractivity contribution < 1.29 is 31.2 Å². The lowest BCUT2D eigenvalue weighted by atomic mass is 10.1. The molecule has 0 atom stereocenters. The van der Waals surface area contributed by atoms with Gasteiger partial charge < -0.3 is 9.80 Å². The Balaban J connectivity index is 1.23. The summed E-state index contributed by atoms with van der Waals surface area (Å²) in [5, 5.41) is 0.679. The summed E-state index contributed by atoms with van der Waals surface area (Å²) < 4.78 is 69.2. The summed E-state index contributed by atoms with van der Waals surface area (Å²) in [5.74, 6) is -5.01. The van der Waals surface area contributed by atoms with E-state index in [1.807, 2.05) is 0 Å². The monoisotopic (exact) mass is 554 g/mol. The van der Waals surface area contributed by atoms with Crippen molar-refractivity contribution >= 4 is 38.4 Å². The minimum Gasteiger partial charge on any atom is -0.335 e. The van der Waals surface area contributed by atoms with E-state index in [9.17, 15) is 31.2 Å². The Bertz CT molecular complexity index is 1680. The lowest BCUT2D eigenvalue weighted by Gasteiger charge is -2.35. The lowest BCUT2D eigenvalue weighted by molar-refractivity contribution is 0.0532. The van der Waals surface area contributed by atoms with Gasteiger partial charge in [0.2, 0.25) is 0 Å². The number of para-hydroxylation sites is 1. The van der Waals surface area contributed by atoms with Crippen molar-refractivity contribution in [2.24, 2.45) is 0 Å². The number of amides is 2. The van der Waals surface area contributed by atoms with Crippen LogP contribution in [-0.2, 0) is 10.0 Å². The van der Waals surface area contributed by atoms with E-state index < -0.39 is 38.9 Å². The van der Waals surface area contributed by atoms with Gasteiger partial charge in [-0.2, -0.15) is 0 Å². The van der Waals surface area contributed by atoms with Crippen LogP contribution in [0.1, 0.15) is 20.7 Å². The van der Waals surface area contributed by atoms with Gasteiger partial charge in [-0.3, -0.25) is 19.3 Å². The molecular formula is C27H21F3N4O4S. The second kappa shape index (κ2) is 10.4. The molecule has 5 rings (SSSR count). The number of nitrogens with one attached hydrogen (secondary N) is 1. The van der Waals surface area contributed by atoms with E-state index in [1.54, 1.807) is 24.3 Å². The minimum atomic E-state index is -3.96. The standard InChI is InChI=1S/C27H21F3N4O4S/c28-21-16-23(30)22(29)15-20(21)27(36)34-13-11-33(12-14-34)26(35)18-6-8-19(9-7-18)32-39(37,38)24-5-1-3-17-4-2-10-31-25(17)24/h1-10,15-16,32H,11-14H2. The van der Waals surface area contributed by atoms with Crippen molar-refractivity contribution in [2.45, 2.75) is 4.90 Å². The highest BCUT2D eigenvalue weighted by molar-refractivity contribution is 7.93. The summed E-state index contributed by atoms with van der Waals surface area (Å²) in [4.78, 5) is 32.5. The molecule has 200 valence electrons. The topological polar surface area (TPSA) is 99.7 Å². The molecule has 8 nitrogen and oxygen atoms in total. The normalized spacial score (nSPS) is 13.9. The minimum absolute atomic E-state index is 0.0245. The maximum Gasteiger partial charge on any atom is 0.264 e. The maximum absolute atomic E-state index is 14.0. The second-order valence-electron chi connectivity index (χ2n) is 8.84. The first kappa shape index (κ1) is 26.2. The number of hydrogen-bond acceptors (Lipinski definition) is 5. The van der Waals surface area contributed by atoms with Gasteiger partial charge in [-0.25, -0.2) is 21.6 Å². The smallest absolute Gasteiger partial charge is 0.264 e. The number of fused-ring (bicyclic) bond motifs is 1. The second-order valence-corrected chi connectivity index (χ2v) is 10.5. The largest absolute Gasteiger partial charge is 0.335 e. The van der Waals surface area contributed by atoms with E-state index in [4.69, 9.17) is 0 Å². The zero-order chi connectivity index (χ0) is 27.7. The van der Waals surface area contributed by atoms with Crippen LogP contribution in [0.15, 0.2) is 77.8 Å². The number of carbonyl (C=O) groups is 2. The molecule has 0 bridgehead atoms. The van der Waals surface area contributed by atoms with E-state index in [1.165, 1.54) is 46.3 Å². The van der Waals surface area contributed by atoms with Gasteiger partial charge in [0.05, 0.1) is 11.1 Å². The lowest BCUT2D eigenvalue weighted by Crippen LogP contribution is -2.50. The summed E-state index contributed by atoms with van der Waals surface area (Å²) in [6.45, 7) is 0.413. The highest BCUT2D eigenvalue weighted by Crippen LogP contribution is 2.24. The number of rotatable bonds is 5. The number of aromatic nitrogens is 1. The Kier molecular flexibility index (Phi) is 6.96. The zero-order valence-corrected chi connectivity index (χ0v) is 21.1. The Hall–Kier alpha value is -4.45. The van der Waals surface area contributed by atoms with Crippen LogP contribution in [0.2, 0.25) is 0 Å². The molecule has 0 spiro atoms. The molecule has 1 aliphatic rings. The number of pyridine rings is 1. The Labute approximate surface area is 221 Å². The van der Waals surface area contributed by atoms with E-state index in [0.29, 0.717) is 28.6 Å². The van der Waals surface area contributed by atoms with Gasteiger partial charge >= 0.3 is 0 Å². The van der Waals surface area contributed by atoms with Crippen molar-refractivity contribution in [3.63, 3.8) is 0 Å². The third-order valence-electron chi connectivity index (χ3n) is 6.36. The van der Waals surface area contributed by atoms with Crippen LogP contribution in [0, 0.1) is 17.5 Å². The summed E-state index contributed by atoms with van der Waals surface area (Å²) in [6.07, 6.45) is 1.51. The molecule has 1 aliphatic heterocycles. The number of benzene rings is 3. The maximum atomic E-state index is 14.0. The molecule has 39 heavy (non-hydrogen) atoms. The summed E-state index contributed by atoms with van der Waals surface area (Å²) in [5.41, 5.74) is 0.315. The van der Waals surface area contributed by atoms with Gasteiger partial charge in [0.15, 0.2) is 11.6 Å². The third-order valence-corrected chi connectivity index (χ3v) is 7.78. The number of hydrogen-bond donors (Lipinski definition) is 1. The van der Waals surface area contributed by atoms with Crippen molar-refractivity contribution in [1.29, 1.82) is 0 Å². The van der Waals surface area contributed by atoms with Gasteiger partial charge in [-0.1, -0.05) is 18.2 Å². The van der Waals surface area contributed by atoms with E-state index >= 15 is 0 Å². The zero-order valence-electron chi connectivity index (χ0n) is 20.3. The van der Waals surface area contributed by atoms with Crippen LogP contribution in [0.4, 0.5) is 18.9 Å². The molecule has 1 aromatic heterocycles. The van der Waals surface area contributed by atoms with E-state index in [0.717, 1.165) is 0 Å². The van der Waals surface area contributed by atoms with Gasteiger partial charge in [-0.05, 0) is 42.5 Å². The first-order chi connectivity index (χ1) is 18.6. The molecule has 1 fully saturated rings. The van der Waals surface area contributed by atoms with Crippen molar-refractivity contribution in [3.8, 4) is 0 Å². The molecule has 2 heterocycles. The fourth-order valence-corrected chi connectivity index (χ4v) is 5.58. The molecule has 3 aromatic carbocycles. The quantitative estimate of drug-likeness (QED) is 0.376. The van der Waals surface area contributed by atoms with Crippen molar-refractivity contribution in [1.82, 2.24) is 14.8 Å². The fourth-order valence-electron chi connectivity index (χ4n) is 4.34. The van der Waals surface area contributed by atoms with Gasteiger partial charge in [0, 0.05) is 55.1 Å². The van der Waals surface area contributed by atoms with Crippen LogP contribution >= 0.6 is 0 Å². The van der Waals surface area contributed by atoms with Crippen LogP contribution in [0.5, 0.6) is 0 Å². The first-order valence-electron chi connectivity index (χ1n) is 11.8. The fraction of sp³-hybridized carbons (Fsp3) is 0.148. The summed E-state index contributed by atoms with van der Waals surface area (Å²) >= 11 is 0. The average molecular weight is 555 g/mol. The summed E-state index contributed by atoms with van der Waals surface area (Å²) in [7, 11) is -3.96. The van der Waals surface area contributed by atoms with Gasteiger partial charge in [0.1, 0.15) is 10.7 Å². The molecular weight excluding hydrogens is 533 g/mol. The van der Waals surface area contributed by atoms with Crippen LogP contribution in [-0.4, -0.2) is 61.2 Å². The highest BCUT2D eigenvalue weighted by atomic mass is 32.2. The molecule has 1 N–H and O–H groups in total. The predicted octanol–water partition coefficient (Wildman–Crippen LogP) is 4.05. The van der Waals surface area contributed by atoms with Crippen molar-refractivity contribution in [3.05, 3.63) is 102 Å². The highest BCUT2D eigenvalue weighted by Gasteiger charge is 2.28. The molecule has 0 aliphatic carbocycles. The third kappa shape index (κ3) is 5.28. The summed E-state index contributed by atoms with van der Waals surface area (Å²) in [6, 6.07) is 15.1. The number of anilines is 1. The van der Waals surface area contributed by atoms with Crippen LogP contribution < -0.4 is 4.72 Å². The number of carbonyl (C=O) groups excluding carboxylic acids is 2. The molecule has 0 radical (unpaired) electrons. The Morgan fingerprint density at radius 3 is 2.08 bits per heavy atom. The number of nitrogens with zero attached hydrogens (tertiary/aromatic N) is 3. The molecule has 0 unspecified atom stereocenters.